The van der Waals surface area contributed by atoms with Gasteiger partial charge in [-0.25, -0.2) is 15.0 Å². The van der Waals surface area contributed by atoms with Gasteiger partial charge >= 0.3 is 0 Å². The lowest BCUT2D eigenvalue weighted by Gasteiger charge is -1.98. The van der Waals surface area contributed by atoms with Crippen molar-refractivity contribution in [1.29, 1.82) is 0 Å². The van der Waals surface area contributed by atoms with Gasteiger partial charge in [-0.05, 0) is 12.2 Å². The molecule has 0 radical (unpaired) electrons. The minimum atomic E-state index is 0.552. The average molecular weight is 200 g/mol. The van der Waals surface area contributed by atoms with Crippen molar-refractivity contribution < 1.29 is 4.79 Å². The van der Waals surface area contributed by atoms with Gasteiger partial charge in [0.25, 0.3) is 0 Å². The molecule has 0 bridgehead atoms. The lowest BCUT2D eigenvalue weighted by molar-refractivity contribution is -0.104. The van der Waals surface area contributed by atoms with E-state index in [2.05, 4.69) is 15.0 Å². The molecule has 74 valence electrons. The average Bonchev–Trinajstić information content (AvgIpc) is 2.80. The third kappa shape index (κ3) is 2.14. The van der Waals surface area contributed by atoms with Gasteiger partial charge in [-0.1, -0.05) is 0 Å². The van der Waals surface area contributed by atoms with Crippen LogP contribution in [0.25, 0.3) is 12.0 Å². The van der Waals surface area contributed by atoms with E-state index in [0.717, 1.165) is 5.56 Å². The molecule has 2 aromatic heterocycles. The Morgan fingerprint density at radius 1 is 1.27 bits per heavy atom. The molecule has 0 aliphatic heterocycles. The molecule has 0 spiro atoms. The molecule has 2 rings (SSSR count). The minimum absolute atomic E-state index is 0.552. The number of hydrogen-bond donors (Lipinski definition) is 0. The summed E-state index contributed by atoms with van der Waals surface area (Å²) in [6.07, 6.45) is 12.1. The largest absolute Gasteiger partial charge is 0.299 e. The van der Waals surface area contributed by atoms with Crippen molar-refractivity contribution in [1.82, 2.24) is 19.5 Å². The summed E-state index contributed by atoms with van der Waals surface area (Å²) in [4.78, 5) is 22.2. The lowest BCUT2D eigenvalue weighted by atomic mass is 10.3. The normalized spacial score (nSPS) is 10.7. The Kier molecular flexibility index (Phi) is 2.64. The van der Waals surface area contributed by atoms with Crippen LogP contribution < -0.4 is 0 Å². The Morgan fingerprint density at radius 2 is 2.07 bits per heavy atom. The Bertz CT molecular complexity index is 459. The number of rotatable bonds is 3. The van der Waals surface area contributed by atoms with Crippen LogP contribution in [0.3, 0.4) is 0 Å². The van der Waals surface area contributed by atoms with Gasteiger partial charge in [0.05, 0.1) is 0 Å². The van der Waals surface area contributed by atoms with Crippen LogP contribution >= 0.6 is 0 Å². The summed E-state index contributed by atoms with van der Waals surface area (Å²) in [5.41, 5.74) is 0.783. The number of nitrogens with zero attached hydrogens (tertiary/aromatic N) is 4. The van der Waals surface area contributed by atoms with Crippen LogP contribution in [-0.2, 0) is 4.79 Å². The zero-order valence-electron chi connectivity index (χ0n) is 7.82. The van der Waals surface area contributed by atoms with E-state index in [9.17, 15) is 4.79 Å². The first-order valence-electron chi connectivity index (χ1n) is 4.32. The highest BCUT2D eigenvalue weighted by molar-refractivity contribution is 5.73. The van der Waals surface area contributed by atoms with E-state index in [4.69, 9.17) is 0 Å². The summed E-state index contributed by atoms with van der Waals surface area (Å²) >= 11 is 0. The fraction of sp³-hybridized carbons (Fsp3) is 0. The molecule has 0 aliphatic rings. The summed E-state index contributed by atoms with van der Waals surface area (Å²) < 4.78 is 1.70. The molecule has 2 heterocycles. The van der Waals surface area contributed by atoms with Gasteiger partial charge in [0.15, 0.2) is 0 Å². The van der Waals surface area contributed by atoms with Crippen LogP contribution in [0.1, 0.15) is 5.56 Å². The first-order valence-corrected chi connectivity index (χ1v) is 4.32. The summed E-state index contributed by atoms with van der Waals surface area (Å²) in [5, 5.41) is 0. The molecule has 0 saturated heterocycles. The number of allylic oxidation sites excluding steroid dienone is 1. The van der Waals surface area contributed by atoms with Gasteiger partial charge in [0.1, 0.15) is 12.6 Å². The maximum atomic E-state index is 10.1. The molecule has 2 aromatic rings. The van der Waals surface area contributed by atoms with Crippen molar-refractivity contribution in [2.45, 2.75) is 0 Å². The highest BCUT2D eigenvalue weighted by atomic mass is 16.1. The number of imidazole rings is 1. The van der Waals surface area contributed by atoms with Gasteiger partial charge < -0.3 is 0 Å². The van der Waals surface area contributed by atoms with E-state index in [-0.39, 0.29) is 0 Å². The molecule has 5 nitrogen and oxygen atoms in total. The molecule has 0 amide bonds. The molecule has 0 fully saturated rings. The van der Waals surface area contributed by atoms with Crippen molar-refractivity contribution in [3.8, 4) is 5.95 Å². The predicted octanol–water partition coefficient (Wildman–Crippen LogP) is 0.874. The topological polar surface area (TPSA) is 60.7 Å². The van der Waals surface area contributed by atoms with Crippen LogP contribution in [0.2, 0.25) is 0 Å². The molecule has 0 atom stereocenters. The maximum absolute atomic E-state index is 10.1. The number of carbonyl (C=O) groups is 1. The fourth-order valence-corrected chi connectivity index (χ4v) is 1.08. The van der Waals surface area contributed by atoms with E-state index >= 15 is 0 Å². The number of aldehydes is 1. The maximum Gasteiger partial charge on any atom is 0.234 e. The van der Waals surface area contributed by atoms with Crippen LogP contribution in [0.5, 0.6) is 0 Å². The Balaban J connectivity index is 2.24. The number of aromatic nitrogens is 4. The molecule has 0 saturated carbocycles. The standard InChI is InChI=1S/C10H8N4O/c15-5-1-2-9-6-12-10(13-7-9)14-4-3-11-8-14/h1-8H. The van der Waals surface area contributed by atoms with Gasteiger partial charge in [-0.3, -0.25) is 9.36 Å². The highest BCUT2D eigenvalue weighted by Crippen LogP contribution is 2.02. The second-order valence-corrected chi connectivity index (χ2v) is 2.78. The van der Waals surface area contributed by atoms with Gasteiger partial charge in [0.2, 0.25) is 5.95 Å². The monoisotopic (exact) mass is 200 g/mol. The fourth-order valence-electron chi connectivity index (χ4n) is 1.08. The quantitative estimate of drug-likeness (QED) is 0.545. The van der Waals surface area contributed by atoms with Gasteiger partial charge in [-0.15, -0.1) is 0 Å². The van der Waals surface area contributed by atoms with Crippen LogP contribution in [-0.4, -0.2) is 25.8 Å². The molecule has 0 aliphatic carbocycles. The summed E-state index contributed by atoms with van der Waals surface area (Å²) in [7, 11) is 0. The molecule has 15 heavy (non-hydrogen) atoms. The smallest absolute Gasteiger partial charge is 0.234 e. The van der Waals surface area contributed by atoms with Crippen molar-refractivity contribution >= 4 is 12.4 Å². The number of carbonyl (C=O) groups excluding carboxylic acids is 1. The van der Waals surface area contributed by atoms with Gasteiger partial charge in [0, 0.05) is 30.4 Å². The molecule has 0 unspecified atom stereocenters. The third-order valence-corrected chi connectivity index (χ3v) is 1.76. The summed E-state index contributed by atoms with van der Waals surface area (Å²) in [6.45, 7) is 0. The summed E-state index contributed by atoms with van der Waals surface area (Å²) in [5.74, 6) is 0.552. The van der Waals surface area contributed by atoms with E-state index < -0.39 is 0 Å². The number of hydrogen-bond acceptors (Lipinski definition) is 4. The Morgan fingerprint density at radius 3 is 2.67 bits per heavy atom. The van der Waals surface area contributed by atoms with E-state index in [1.807, 2.05) is 0 Å². The SMILES string of the molecule is O=CC=Cc1cnc(-n2ccnc2)nc1. The highest BCUT2D eigenvalue weighted by Gasteiger charge is 1.97. The summed E-state index contributed by atoms with van der Waals surface area (Å²) in [6, 6.07) is 0. The van der Waals surface area contributed by atoms with Crippen molar-refractivity contribution in [3.63, 3.8) is 0 Å². The van der Waals surface area contributed by atoms with Crippen molar-refractivity contribution in [2.75, 3.05) is 0 Å². The van der Waals surface area contributed by atoms with E-state index in [0.29, 0.717) is 12.2 Å². The molecular weight excluding hydrogens is 192 g/mol. The second kappa shape index (κ2) is 4.28. The second-order valence-electron chi connectivity index (χ2n) is 2.78. The third-order valence-electron chi connectivity index (χ3n) is 1.76. The molecular formula is C10H8N4O. The van der Waals surface area contributed by atoms with Gasteiger partial charge in [-0.2, -0.15) is 0 Å². The van der Waals surface area contributed by atoms with Crippen LogP contribution in [0.15, 0.2) is 37.2 Å². The molecule has 0 aromatic carbocycles. The first-order chi connectivity index (χ1) is 7.40. The van der Waals surface area contributed by atoms with Crippen molar-refractivity contribution in [2.24, 2.45) is 0 Å². The lowest BCUT2D eigenvalue weighted by Crippen LogP contribution is -1.97. The predicted molar refractivity (Wildman–Crippen MR) is 54.3 cm³/mol. The first kappa shape index (κ1) is 9.26. The molecule has 5 heteroatoms. The Labute approximate surface area is 86.1 Å². The van der Waals surface area contributed by atoms with E-state index in [1.54, 1.807) is 41.8 Å². The molecule has 0 N–H and O–H groups in total. The zero-order chi connectivity index (χ0) is 10.5. The van der Waals surface area contributed by atoms with Crippen LogP contribution in [0, 0.1) is 0 Å². The van der Waals surface area contributed by atoms with Crippen molar-refractivity contribution in [3.05, 3.63) is 42.8 Å². The van der Waals surface area contributed by atoms with Crippen LogP contribution in [0.4, 0.5) is 0 Å². The minimum Gasteiger partial charge on any atom is -0.299 e. The Hall–Kier alpha value is -2.30. The van der Waals surface area contributed by atoms with E-state index in [1.165, 1.54) is 6.08 Å². The zero-order valence-corrected chi connectivity index (χ0v) is 7.82.